The normalized spacial score (nSPS) is 52.1. The predicted molar refractivity (Wildman–Crippen MR) is 88.8 cm³/mol. The molecular weight excluding hydrogens is 288 g/mol. The van der Waals surface area contributed by atoms with E-state index in [-0.39, 0.29) is 22.9 Å². The van der Waals surface area contributed by atoms with Gasteiger partial charge < -0.3 is 10.2 Å². The molecule has 0 unspecified atom stereocenters. The number of hydrogen-bond donors (Lipinski definition) is 2. The lowest BCUT2D eigenvalue weighted by molar-refractivity contribution is -0.148. The van der Waals surface area contributed by atoms with Gasteiger partial charge >= 0.3 is 5.97 Å². The number of rotatable bonds is 1. The summed E-state index contributed by atoms with van der Waals surface area (Å²) < 4.78 is 0. The minimum absolute atomic E-state index is 0.00286. The minimum atomic E-state index is -0.576. The van der Waals surface area contributed by atoms with Gasteiger partial charge in [0.15, 0.2) is 0 Å². The quantitative estimate of drug-likeness (QED) is 0.718. The number of allylic oxidation sites excluding steroid dienone is 1. The van der Waals surface area contributed by atoms with E-state index in [1.54, 1.807) is 0 Å². The third-order valence-corrected chi connectivity index (χ3v) is 8.38. The Balaban J connectivity index is 1.66. The second-order valence-corrected chi connectivity index (χ2v) is 9.17. The molecule has 0 heterocycles. The first-order valence-corrected chi connectivity index (χ1v) is 9.46. The van der Waals surface area contributed by atoms with Crippen LogP contribution in [0.4, 0.5) is 0 Å². The van der Waals surface area contributed by atoms with Gasteiger partial charge in [-0.1, -0.05) is 25.5 Å². The average Bonchev–Trinajstić information content (AvgIpc) is 2.85. The van der Waals surface area contributed by atoms with Crippen molar-refractivity contribution in [2.24, 2.45) is 34.5 Å². The van der Waals surface area contributed by atoms with E-state index in [0.717, 1.165) is 44.9 Å². The summed E-state index contributed by atoms with van der Waals surface area (Å²) in [6.45, 7) is 4.68. The topological polar surface area (TPSA) is 57.5 Å². The fraction of sp³-hybridized carbons (Fsp3) is 0.850. The van der Waals surface area contributed by atoms with E-state index in [1.807, 2.05) is 0 Å². The minimum Gasteiger partial charge on any atom is -0.481 e. The Hall–Kier alpha value is -0.830. The van der Waals surface area contributed by atoms with Crippen molar-refractivity contribution in [3.63, 3.8) is 0 Å². The predicted octanol–water partition coefficient (Wildman–Crippen LogP) is 4.01. The first-order chi connectivity index (χ1) is 10.9. The molecule has 7 atom stereocenters. The van der Waals surface area contributed by atoms with E-state index >= 15 is 0 Å². The second kappa shape index (κ2) is 5.08. The van der Waals surface area contributed by atoms with Crippen molar-refractivity contribution in [2.45, 2.75) is 71.3 Å². The van der Waals surface area contributed by atoms with Crippen molar-refractivity contribution in [2.75, 3.05) is 0 Å². The van der Waals surface area contributed by atoms with E-state index in [1.165, 1.54) is 12.0 Å². The lowest BCUT2D eigenvalue weighted by Gasteiger charge is -2.57. The number of fused-ring (bicyclic) bond motifs is 5. The lowest BCUT2D eigenvalue weighted by Crippen LogP contribution is -2.51. The maximum atomic E-state index is 11.7. The van der Waals surface area contributed by atoms with Crippen molar-refractivity contribution < 1.29 is 15.0 Å². The number of carboxylic acids is 1. The van der Waals surface area contributed by atoms with Crippen LogP contribution in [0.25, 0.3) is 0 Å². The third-order valence-electron chi connectivity index (χ3n) is 8.38. The van der Waals surface area contributed by atoms with Crippen molar-refractivity contribution in [1.29, 1.82) is 0 Å². The van der Waals surface area contributed by atoms with Crippen LogP contribution in [0.5, 0.6) is 0 Å². The molecule has 0 saturated heterocycles. The molecule has 2 N–H and O–H groups in total. The molecule has 3 heteroatoms. The molecule has 0 aromatic carbocycles. The number of aliphatic carboxylic acids is 1. The molecule has 0 bridgehead atoms. The highest BCUT2D eigenvalue weighted by molar-refractivity contribution is 5.71. The third kappa shape index (κ3) is 2.08. The van der Waals surface area contributed by atoms with Crippen LogP contribution in [-0.4, -0.2) is 22.3 Å². The molecule has 0 aliphatic heterocycles. The zero-order chi connectivity index (χ0) is 16.4. The van der Waals surface area contributed by atoms with Crippen LogP contribution in [0.1, 0.15) is 65.2 Å². The van der Waals surface area contributed by atoms with Gasteiger partial charge in [0.1, 0.15) is 0 Å². The smallest absolute Gasteiger partial charge is 0.307 e. The van der Waals surface area contributed by atoms with Gasteiger partial charge in [-0.3, -0.25) is 4.79 Å². The fourth-order valence-electron chi connectivity index (χ4n) is 7.05. The molecule has 4 rings (SSSR count). The van der Waals surface area contributed by atoms with E-state index < -0.39 is 5.97 Å². The Morgan fingerprint density at radius 3 is 2.65 bits per heavy atom. The second-order valence-electron chi connectivity index (χ2n) is 9.17. The highest BCUT2D eigenvalue weighted by Gasteiger charge is 2.59. The molecular formula is C20H30O3. The van der Waals surface area contributed by atoms with E-state index in [0.29, 0.717) is 17.8 Å². The molecule has 0 spiro atoms. The molecule has 0 radical (unpaired) electrons. The molecule has 23 heavy (non-hydrogen) atoms. The molecule has 4 aliphatic carbocycles. The van der Waals surface area contributed by atoms with Gasteiger partial charge in [-0.2, -0.15) is 0 Å². The van der Waals surface area contributed by atoms with Gasteiger partial charge in [0.25, 0.3) is 0 Å². The van der Waals surface area contributed by atoms with Crippen LogP contribution in [-0.2, 0) is 4.79 Å². The van der Waals surface area contributed by atoms with Gasteiger partial charge in [0.05, 0.1) is 12.0 Å². The molecule has 128 valence electrons. The Labute approximate surface area is 139 Å². The average molecular weight is 318 g/mol. The van der Waals surface area contributed by atoms with Crippen LogP contribution in [0.15, 0.2) is 11.6 Å². The van der Waals surface area contributed by atoms with Gasteiger partial charge in [-0.25, -0.2) is 0 Å². The van der Waals surface area contributed by atoms with Crippen LogP contribution >= 0.6 is 0 Å². The summed E-state index contributed by atoms with van der Waals surface area (Å²) in [5.41, 5.74) is 1.75. The Kier molecular flexibility index (Phi) is 3.46. The summed E-state index contributed by atoms with van der Waals surface area (Å²) in [6.07, 6.45) is 10.5. The number of carboxylic acid groups (broad SMARTS) is 1. The van der Waals surface area contributed by atoms with E-state index in [4.69, 9.17) is 0 Å². The SMILES string of the molecule is C[C@]12CC[C@H]3[C@@H](CC=C4C[C@@H](O)CC[C@@]43C)[C@@H]1CC[C@@H]2C(=O)O. The summed E-state index contributed by atoms with van der Waals surface area (Å²) in [7, 11) is 0. The summed E-state index contributed by atoms with van der Waals surface area (Å²) >= 11 is 0. The number of hydrogen-bond acceptors (Lipinski definition) is 2. The maximum Gasteiger partial charge on any atom is 0.307 e. The van der Waals surface area contributed by atoms with Gasteiger partial charge in [0, 0.05) is 0 Å². The number of aliphatic hydroxyl groups is 1. The first-order valence-electron chi connectivity index (χ1n) is 9.46. The summed E-state index contributed by atoms with van der Waals surface area (Å²) in [5.74, 6) is 1.21. The molecule has 0 aromatic heterocycles. The summed E-state index contributed by atoms with van der Waals surface area (Å²) in [6, 6.07) is 0. The van der Waals surface area contributed by atoms with Gasteiger partial charge in [-0.15, -0.1) is 0 Å². The van der Waals surface area contributed by atoms with Crippen molar-refractivity contribution in [3.05, 3.63) is 11.6 Å². The largest absolute Gasteiger partial charge is 0.481 e. The highest BCUT2D eigenvalue weighted by Crippen LogP contribution is 2.66. The lowest BCUT2D eigenvalue weighted by atomic mass is 9.47. The van der Waals surface area contributed by atoms with Crippen LogP contribution in [0, 0.1) is 34.5 Å². The zero-order valence-electron chi connectivity index (χ0n) is 14.4. The van der Waals surface area contributed by atoms with Crippen molar-refractivity contribution in [3.8, 4) is 0 Å². The first kappa shape index (κ1) is 15.7. The van der Waals surface area contributed by atoms with Crippen LogP contribution in [0.3, 0.4) is 0 Å². The molecule has 3 saturated carbocycles. The Morgan fingerprint density at radius 2 is 1.91 bits per heavy atom. The Bertz CT molecular complexity index is 553. The Morgan fingerprint density at radius 1 is 1.13 bits per heavy atom. The van der Waals surface area contributed by atoms with Crippen molar-refractivity contribution >= 4 is 5.97 Å². The van der Waals surface area contributed by atoms with E-state index in [9.17, 15) is 15.0 Å². The highest BCUT2D eigenvalue weighted by atomic mass is 16.4. The zero-order valence-corrected chi connectivity index (χ0v) is 14.4. The maximum absolute atomic E-state index is 11.7. The molecule has 0 aromatic rings. The standard InChI is InChI=1S/C20H30O3/c1-19-9-7-13(21)11-12(19)3-4-14-15-5-6-17(18(22)23)20(15,2)10-8-16(14)19/h3,13-17,21H,4-11H2,1-2H3,(H,22,23)/t13-,14-,15-,16-,17+,19-,20-/m0/s1. The number of carbonyl (C=O) groups is 1. The molecule has 4 aliphatic rings. The molecule has 3 fully saturated rings. The summed E-state index contributed by atoms with van der Waals surface area (Å²) in [4.78, 5) is 11.7. The molecule has 0 amide bonds. The van der Waals surface area contributed by atoms with Gasteiger partial charge in [0.2, 0.25) is 0 Å². The van der Waals surface area contributed by atoms with Crippen molar-refractivity contribution in [1.82, 2.24) is 0 Å². The molecule has 3 nitrogen and oxygen atoms in total. The summed E-state index contributed by atoms with van der Waals surface area (Å²) in [5, 5.41) is 19.7. The van der Waals surface area contributed by atoms with E-state index in [2.05, 4.69) is 19.9 Å². The fourth-order valence-corrected chi connectivity index (χ4v) is 7.05. The van der Waals surface area contributed by atoms with Crippen LogP contribution in [0.2, 0.25) is 0 Å². The number of aliphatic hydroxyl groups excluding tert-OH is 1. The van der Waals surface area contributed by atoms with Gasteiger partial charge in [-0.05, 0) is 80.0 Å². The monoisotopic (exact) mass is 318 g/mol. The van der Waals surface area contributed by atoms with Crippen LogP contribution < -0.4 is 0 Å².